The normalized spacial score (nSPS) is 13.1. The number of benzene rings is 2. The van der Waals surface area contributed by atoms with Crippen LogP contribution in [0.3, 0.4) is 0 Å². The van der Waals surface area contributed by atoms with Gasteiger partial charge in [-0.05, 0) is 46.9 Å². The van der Waals surface area contributed by atoms with Crippen LogP contribution in [-0.2, 0) is 0 Å². The second-order valence-corrected chi connectivity index (χ2v) is 8.49. The third-order valence-electron chi connectivity index (χ3n) is 4.95. The minimum atomic E-state index is -0.380. The van der Waals surface area contributed by atoms with Crippen molar-refractivity contribution in [1.29, 1.82) is 0 Å². The van der Waals surface area contributed by atoms with Gasteiger partial charge in [0, 0.05) is 27.1 Å². The van der Waals surface area contributed by atoms with Crippen molar-refractivity contribution >= 4 is 46.6 Å². The Hall–Kier alpha value is -2.36. The number of amidine groups is 1. The molecule has 0 saturated carbocycles. The van der Waals surface area contributed by atoms with Crippen molar-refractivity contribution in [3.05, 3.63) is 81.4 Å². The van der Waals surface area contributed by atoms with E-state index >= 15 is 0 Å². The summed E-state index contributed by atoms with van der Waals surface area (Å²) in [5, 5.41) is 1.05. The molecule has 2 N–H and O–H groups in total. The maximum Gasteiger partial charge on any atom is 0.278 e. The summed E-state index contributed by atoms with van der Waals surface area (Å²) in [5.41, 5.74) is 9.54. The van der Waals surface area contributed by atoms with Gasteiger partial charge in [0.05, 0.1) is 0 Å². The molecule has 1 unspecified atom stereocenters. The van der Waals surface area contributed by atoms with Crippen molar-refractivity contribution in [3.8, 4) is 0 Å². The Kier molecular flexibility index (Phi) is 8.45. The molecular formula is C25H28Cl2N2O. The van der Waals surface area contributed by atoms with Gasteiger partial charge in [0.25, 0.3) is 5.91 Å². The summed E-state index contributed by atoms with van der Waals surface area (Å²) in [4.78, 5) is 16.7. The predicted molar refractivity (Wildman–Crippen MR) is 130 cm³/mol. The van der Waals surface area contributed by atoms with E-state index in [1.165, 1.54) is 0 Å². The molecule has 0 bridgehead atoms. The lowest BCUT2D eigenvalue weighted by atomic mass is 9.92. The van der Waals surface area contributed by atoms with Crippen LogP contribution in [0.4, 0.5) is 0 Å². The number of amides is 1. The second kappa shape index (κ2) is 10.6. The Labute approximate surface area is 189 Å². The zero-order valence-corrected chi connectivity index (χ0v) is 19.4. The number of carbonyl (C=O) groups excluding carboxylic acids is 1. The summed E-state index contributed by atoms with van der Waals surface area (Å²) in [5.74, 6) is 0.354. The molecule has 2 aromatic carbocycles. The summed E-state index contributed by atoms with van der Waals surface area (Å²) in [6.45, 7) is 12.3. The average Bonchev–Trinajstić information content (AvgIpc) is 2.71. The summed E-state index contributed by atoms with van der Waals surface area (Å²) in [7, 11) is 0. The van der Waals surface area contributed by atoms with Crippen molar-refractivity contribution in [1.82, 2.24) is 0 Å². The van der Waals surface area contributed by atoms with Crippen LogP contribution in [0, 0.1) is 11.8 Å². The average molecular weight is 443 g/mol. The monoisotopic (exact) mass is 442 g/mol. The molecule has 2 rings (SSSR count). The largest absolute Gasteiger partial charge is 0.387 e. The Morgan fingerprint density at radius 3 is 2.43 bits per heavy atom. The number of nitrogens with two attached hydrogens (primary N) is 1. The molecule has 1 amide bonds. The van der Waals surface area contributed by atoms with Crippen LogP contribution in [0.1, 0.15) is 61.2 Å². The Morgan fingerprint density at radius 2 is 1.83 bits per heavy atom. The van der Waals surface area contributed by atoms with Crippen molar-refractivity contribution in [2.75, 3.05) is 0 Å². The van der Waals surface area contributed by atoms with Crippen LogP contribution in [0.2, 0.25) is 10.0 Å². The number of nitrogens with zero attached hydrogens (tertiary/aromatic N) is 1. The van der Waals surface area contributed by atoms with Gasteiger partial charge < -0.3 is 5.73 Å². The number of aliphatic imine (C=N–C) groups is 1. The Balaban J connectivity index is 2.57. The fourth-order valence-electron chi connectivity index (χ4n) is 2.69. The SMILES string of the molecule is C=C(c1ccc(Cl)cc1Cl)c1cc(C(=O)N=C(N)C(C)C)ccc1/C=C\C(C)CC. The number of carbonyl (C=O) groups is 1. The maximum atomic E-state index is 12.6. The Morgan fingerprint density at radius 1 is 1.13 bits per heavy atom. The third kappa shape index (κ3) is 6.07. The topological polar surface area (TPSA) is 55.5 Å². The first kappa shape index (κ1) is 23.9. The first-order chi connectivity index (χ1) is 14.1. The number of hydrogen-bond acceptors (Lipinski definition) is 1. The van der Waals surface area contributed by atoms with E-state index < -0.39 is 0 Å². The van der Waals surface area contributed by atoms with Crippen molar-refractivity contribution in [2.24, 2.45) is 22.6 Å². The molecule has 5 heteroatoms. The van der Waals surface area contributed by atoms with E-state index in [4.69, 9.17) is 28.9 Å². The van der Waals surface area contributed by atoms with E-state index in [-0.39, 0.29) is 11.8 Å². The van der Waals surface area contributed by atoms with Gasteiger partial charge in [-0.2, -0.15) is 4.99 Å². The zero-order chi connectivity index (χ0) is 22.4. The zero-order valence-electron chi connectivity index (χ0n) is 17.9. The fraction of sp³-hybridized carbons (Fsp3) is 0.280. The number of hydrogen-bond donors (Lipinski definition) is 1. The molecule has 1 atom stereocenters. The molecular weight excluding hydrogens is 415 g/mol. The van der Waals surface area contributed by atoms with Gasteiger partial charge in [-0.25, -0.2) is 0 Å². The van der Waals surface area contributed by atoms with Crippen LogP contribution in [0.15, 0.2) is 54.0 Å². The highest BCUT2D eigenvalue weighted by atomic mass is 35.5. The van der Waals surface area contributed by atoms with Gasteiger partial charge >= 0.3 is 0 Å². The fourth-order valence-corrected chi connectivity index (χ4v) is 3.21. The first-order valence-electron chi connectivity index (χ1n) is 9.99. The predicted octanol–water partition coefficient (Wildman–Crippen LogP) is 7.27. The highest BCUT2D eigenvalue weighted by molar-refractivity contribution is 6.35. The van der Waals surface area contributed by atoms with E-state index in [1.807, 2.05) is 26.0 Å². The lowest BCUT2D eigenvalue weighted by Crippen LogP contribution is -2.20. The quantitative estimate of drug-likeness (QED) is 0.361. The van der Waals surface area contributed by atoms with Crippen LogP contribution in [0.25, 0.3) is 11.6 Å². The Bertz CT molecular complexity index is 1010. The molecule has 0 spiro atoms. The summed E-state index contributed by atoms with van der Waals surface area (Å²) < 4.78 is 0. The second-order valence-electron chi connectivity index (χ2n) is 7.65. The minimum absolute atomic E-state index is 0.00556. The molecule has 0 aromatic heterocycles. The van der Waals surface area contributed by atoms with Crippen LogP contribution < -0.4 is 5.73 Å². The molecule has 0 aliphatic heterocycles. The molecule has 0 heterocycles. The third-order valence-corrected chi connectivity index (χ3v) is 5.50. The molecule has 2 aromatic rings. The standard InChI is InChI=1S/C25H28Cl2N2O/c1-6-16(4)7-8-18-9-10-19(25(30)29-24(28)15(2)3)13-22(18)17(5)21-12-11-20(26)14-23(21)27/h7-16H,5-6H2,1-4H3,(H2,28,29,30)/b8-7-. The molecule has 0 saturated heterocycles. The van der Waals surface area contributed by atoms with Crippen molar-refractivity contribution in [3.63, 3.8) is 0 Å². The highest BCUT2D eigenvalue weighted by Gasteiger charge is 2.15. The van der Waals surface area contributed by atoms with E-state index in [0.717, 1.165) is 23.1 Å². The van der Waals surface area contributed by atoms with E-state index in [9.17, 15) is 4.79 Å². The molecule has 30 heavy (non-hydrogen) atoms. The number of halogens is 2. The van der Waals surface area contributed by atoms with Gasteiger partial charge in [0.15, 0.2) is 0 Å². The number of allylic oxidation sites excluding steroid dienone is 1. The van der Waals surface area contributed by atoms with Crippen LogP contribution in [0.5, 0.6) is 0 Å². The lowest BCUT2D eigenvalue weighted by molar-refractivity contribution is 0.100. The lowest BCUT2D eigenvalue weighted by Gasteiger charge is -2.14. The summed E-state index contributed by atoms with van der Waals surface area (Å²) in [6.07, 6.45) is 5.24. The van der Waals surface area contributed by atoms with Crippen LogP contribution in [-0.4, -0.2) is 11.7 Å². The summed E-state index contributed by atoms with van der Waals surface area (Å²) >= 11 is 12.5. The van der Waals surface area contributed by atoms with Gasteiger partial charge in [-0.3, -0.25) is 4.79 Å². The van der Waals surface area contributed by atoms with Crippen LogP contribution >= 0.6 is 23.2 Å². The molecule has 158 valence electrons. The molecule has 0 aliphatic carbocycles. The van der Waals surface area contributed by atoms with Gasteiger partial charge in [-0.1, -0.05) is 88.2 Å². The van der Waals surface area contributed by atoms with E-state index in [1.54, 1.807) is 24.3 Å². The van der Waals surface area contributed by atoms with E-state index in [2.05, 4.69) is 37.6 Å². The molecule has 0 aliphatic rings. The van der Waals surface area contributed by atoms with Gasteiger partial charge in [0.2, 0.25) is 0 Å². The van der Waals surface area contributed by atoms with Crippen molar-refractivity contribution < 1.29 is 4.79 Å². The smallest absolute Gasteiger partial charge is 0.278 e. The molecule has 0 fully saturated rings. The molecule has 3 nitrogen and oxygen atoms in total. The van der Waals surface area contributed by atoms with Gasteiger partial charge in [0.1, 0.15) is 5.84 Å². The highest BCUT2D eigenvalue weighted by Crippen LogP contribution is 2.33. The van der Waals surface area contributed by atoms with Gasteiger partial charge in [-0.15, -0.1) is 0 Å². The minimum Gasteiger partial charge on any atom is -0.387 e. The molecule has 0 radical (unpaired) electrons. The maximum absolute atomic E-state index is 12.6. The number of rotatable bonds is 7. The van der Waals surface area contributed by atoms with E-state index in [0.29, 0.717) is 32.9 Å². The van der Waals surface area contributed by atoms with Crippen molar-refractivity contribution in [2.45, 2.75) is 34.1 Å². The first-order valence-corrected chi connectivity index (χ1v) is 10.7. The summed E-state index contributed by atoms with van der Waals surface area (Å²) in [6, 6.07) is 10.7.